The van der Waals surface area contributed by atoms with Crippen LogP contribution in [0.15, 0.2) is 84.9 Å². The summed E-state index contributed by atoms with van der Waals surface area (Å²) in [6, 6.07) is 31.0. The minimum atomic E-state index is 0. The monoisotopic (exact) mass is 370 g/mol. The molecule has 0 bridgehead atoms. The van der Waals surface area contributed by atoms with Gasteiger partial charge in [0.1, 0.15) is 0 Å². The first-order valence-electron chi connectivity index (χ1n) is 9.10. The quantitative estimate of drug-likeness (QED) is 0.385. The van der Waals surface area contributed by atoms with Crippen molar-refractivity contribution in [2.75, 3.05) is 0 Å². The number of hydrogen-bond donors (Lipinski definition) is 0. The molecule has 0 saturated carbocycles. The maximum absolute atomic E-state index is 3.90. The zero-order valence-corrected chi connectivity index (χ0v) is 18.2. The summed E-state index contributed by atoms with van der Waals surface area (Å²) >= 11 is 0. The Morgan fingerprint density at radius 1 is 0.571 bits per heavy atom. The average Bonchev–Trinajstić information content (AvgIpc) is 2.71. The Morgan fingerprint density at radius 2 is 0.929 bits per heavy atom. The molecule has 4 heteroatoms. The molecule has 0 fully saturated rings. The Balaban J connectivity index is 0.00000140. The fourth-order valence-corrected chi connectivity index (χ4v) is 3.89. The predicted molar refractivity (Wildman–Crippen MR) is 115 cm³/mol. The van der Waals surface area contributed by atoms with E-state index in [9.17, 15) is 0 Å². The molecule has 0 unspecified atom stereocenters. The summed E-state index contributed by atoms with van der Waals surface area (Å²) in [6.45, 7) is 4.49. The molecule has 0 heterocycles. The van der Waals surface area contributed by atoms with Crippen molar-refractivity contribution in [3.63, 3.8) is 0 Å². The van der Waals surface area contributed by atoms with Gasteiger partial charge in [0.25, 0.3) is 0 Å². The predicted octanol–water partition coefficient (Wildman–Crippen LogP) is 1.18. The molecular weight excluding hydrogens is 347 g/mol. The average molecular weight is 370 g/mol. The molecule has 4 aromatic rings. The summed E-state index contributed by atoms with van der Waals surface area (Å²) in [5, 5.41) is 5.14. The van der Waals surface area contributed by atoms with Crippen LogP contribution in [0.4, 0.5) is 0 Å². The van der Waals surface area contributed by atoms with Gasteiger partial charge in [0, 0.05) is 12.1 Å². The summed E-state index contributed by atoms with van der Waals surface area (Å²) in [6.07, 6.45) is 0. The molecule has 28 heavy (non-hydrogen) atoms. The van der Waals surface area contributed by atoms with Gasteiger partial charge in [-0.15, -0.1) is 0 Å². The smallest absolute Gasteiger partial charge is 0.476 e. The topological polar surface area (TPSA) is 3.24 Å². The van der Waals surface area contributed by atoms with Gasteiger partial charge in [-0.25, -0.2) is 0 Å². The van der Waals surface area contributed by atoms with Crippen molar-refractivity contribution in [3.05, 3.63) is 96.1 Å². The van der Waals surface area contributed by atoms with Gasteiger partial charge >= 0.3 is 37.7 Å². The molecule has 4 aromatic carbocycles. The summed E-state index contributed by atoms with van der Waals surface area (Å²) < 4.78 is 2.26. The molecule has 0 N–H and O–H groups in total. The van der Waals surface area contributed by atoms with Crippen LogP contribution in [-0.2, 0) is 0 Å². The van der Waals surface area contributed by atoms with Crippen LogP contribution in [0.5, 0.6) is 0 Å². The molecule has 0 aliphatic carbocycles. The molecule has 130 valence electrons. The van der Waals surface area contributed by atoms with Gasteiger partial charge in [-0.2, -0.15) is 0 Å². The van der Waals surface area contributed by atoms with E-state index in [1.165, 1.54) is 32.7 Å². The van der Waals surface area contributed by atoms with Gasteiger partial charge in [-0.1, -0.05) is 72.8 Å². The largest absolute Gasteiger partial charge is 1.00 e. The summed E-state index contributed by atoms with van der Waals surface area (Å²) in [4.78, 5) is 0. The van der Waals surface area contributed by atoms with E-state index in [0.29, 0.717) is 0 Å². The van der Waals surface area contributed by atoms with Gasteiger partial charge in [0.15, 0.2) is 0 Å². The second kappa shape index (κ2) is 10.1. The SMILES string of the molecule is C[C@@H](c1ccc2ccccc2c1)N([PH-])[C@@H](C)c1ccc2ccccc2c1.[Li+].[Li+]. The Morgan fingerprint density at radius 3 is 1.32 bits per heavy atom. The Labute approximate surface area is 194 Å². The zero-order valence-electron chi connectivity index (χ0n) is 17.2. The van der Waals surface area contributed by atoms with Crippen molar-refractivity contribution in [2.45, 2.75) is 25.9 Å². The van der Waals surface area contributed by atoms with Crippen molar-refractivity contribution in [1.82, 2.24) is 4.67 Å². The van der Waals surface area contributed by atoms with Gasteiger partial charge in [0.05, 0.1) is 0 Å². The van der Waals surface area contributed by atoms with Crippen LogP contribution in [0.2, 0.25) is 0 Å². The zero-order chi connectivity index (χ0) is 18.1. The third-order valence-corrected chi connectivity index (χ3v) is 6.12. The first-order valence-corrected chi connectivity index (χ1v) is 9.55. The van der Waals surface area contributed by atoms with Crippen LogP contribution >= 0.6 is 9.39 Å². The molecule has 0 saturated heterocycles. The molecule has 0 aromatic heterocycles. The maximum atomic E-state index is 3.90. The second-order valence-electron chi connectivity index (χ2n) is 6.97. The van der Waals surface area contributed by atoms with Crippen LogP contribution in [0.1, 0.15) is 37.1 Å². The van der Waals surface area contributed by atoms with Crippen molar-refractivity contribution in [2.24, 2.45) is 0 Å². The minimum Gasteiger partial charge on any atom is -0.476 e. The van der Waals surface area contributed by atoms with Crippen molar-refractivity contribution in [3.8, 4) is 0 Å². The van der Waals surface area contributed by atoms with Crippen LogP contribution in [0, 0.1) is 0 Å². The minimum absolute atomic E-state index is 0. The molecule has 0 amide bonds. The first-order chi connectivity index (χ1) is 12.6. The van der Waals surface area contributed by atoms with Crippen molar-refractivity contribution < 1.29 is 37.7 Å². The number of hydrogen-bond acceptors (Lipinski definition) is 1. The Bertz CT molecular complexity index is 981. The van der Waals surface area contributed by atoms with E-state index in [-0.39, 0.29) is 49.8 Å². The Kier molecular flexibility index (Phi) is 8.43. The first kappa shape index (κ1) is 23.3. The van der Waals surface area contributed by atoms with Gasteiger partial charge in [0.2, 0.25) is 0 Å². The van der Waals surface area contributed by atoms with Crippen LogP contribution in [0.25, 0.3) is 21.5 Å². The van der Waals surface area contributed by atoms with Crippen LogP contribution in [-0.4, -0.2) is 4.67 Å². The fraction of sp³-hybridized carbons (Fsp3) is 0.167. The second-order valence-corrected chi connectivity index (χ2v) is 7.49. The summed E-state index contributed by atoms with van der Waals surface area (Å²) in [5.41, 5.74) is 2.62. The molecular formula is C24H23Li2NP+. The summed E-state index contributed by atoms with van der Waals surface area (Å²) in [5.74, 6) is 0. The molecule has 1 nitrogen and oxygen atoms in total. The normalized spacial score (nSPS) is 13.0. The van der Waals surface area contributed by atoms with Crippen LogP contribution < -0.4 is 37.7 Å². The van der Waals surface area contributed by atoms with E-state index in [1.54, 1.807) is 0 Å². The van der Waals surface area contributed by atoms with Gasteiger partial charge in [-0.05, 0) is 58.7 Å². The molecule has 0 spiro atoms. The van der Waals surface area contributed by atoms with E-state index in [1.807, 2.05) is 0 Å². The molecule has 4 rings (SSSR count). The van der Waals surface area contributed by atoms with Crippen molar-refractivity contribution >= 4 is 30.9 Å². The third kappa shape index (κ3) is 4.75. The number of nitrogens with zero attached hydrogens (tertiary/aromatic N) is 1. The summed E-state index contributed by atoms with van der Waals surface area (Å²) in [7, 11) is 3.90. The van der Waals surface area contributed by atoms with E-state index in [0.717, 1.165) is 0 Å². The fourth-order valence-electron chi connectivity index (χ4n) is 3.59. The van der Waals surface area contributed by atoms with Crippen molar-refractivity contribution in [1.29, 1.82) is 0 Å². The molecule has 0 aliphatic heterocycles. The maximum Gasteiger partial charge on any atom is 1.00 e. The molecule has 0 radical (unpaired) electrons. The number of fused-ring (bicyclic) bond motifs is 2. The van der Waals surface area contributed by atoms with E-state index in [4.69, 9.17) is 0 Å². The van der Waals surface area contributed by atoms with E-state index < -0.39 is 0 Å². The van der Waals surface area contributed by atoms with Crippen LogP contribution in [0.3, 0.4) is 0 Å². The molecule has 0 aliphatic rings. The van der Waals surface area contributed by atoms with Gasteiger partial charge < -0.3 is 14.1 Å². The standard InChI is InChI=1S/C24H23NP.2Li/c1-17(21-13-11-19-7-3-5-9-23(19)15-21)25(26)18(2)22-14-12-20-8-4-6-10-24(20)16-22;;/h3-18,26H,1-2H3;;/q-1;2*+1/t17-,18-;;/m0../s1. The van der Waals surface area contributed by atoms with Gasteiger partial charge in [-0.3, -0.25) is 0 Å². The van der Waals surface area contributed by atoms with E-state index >= 15 is 0 Å². The number of benzene rings is 4. The van der Waals surface area contributed by atoms with E-state index in [2.05, 4.69) is 113 Å². The number of rotatable bonds is 4. The Hall–Kier alpha value is -1.02. The molecule has 2 atom stereocenters. The third-order valence-electron chi connectivity index (χ3n) is 5.35.